The van der Waals surface area contributed by atoms with Gasteiger partial charge in [-0.15, -0.1) is 0 Å². The van der Waals surface area contributed by atoms with Crippen molar-refractivity contribution < 1.29 is 13.2 Å². The molecule has 0 N–H and O–H groups in total. The van der Waals surface area contributed by atoms with Gasteiger partial charge in [0, 0.05) is 36.6 Å². The average molecular weight is 359 g/mol. The third-order valence-electron chi connectivity index (χ3n) is 3.82. The molecule has 23 heavy (non-hydrogen) atoms. The predicted octanol–water partition coefficient (Wildman–Crippen LogP) is 2.36. The summed E-state index contributed by atoms with van der Waals surface area (Å²) in [7, 11) is -3.38. The molecule has 0 radical (unpaired) electrons. The highest BCUT2D eigenvalue weighted by atomic mass is 35.5. The molecule has 1 aliphatic heterocycles. The number of carbonyl (C=O) groups excluding carboxylic acids is 1. The van der Waals surface area contributed by atoms with Gasteiger partial charge in [0.1, 0.15) is 0 Å². The van der Waals surface area contributed by atoms with E-state index in [1.165, 1.54) is 4.31 Å². The monoisotopic (exact) mass is 358 g/mol. The Morgan fingerprint density at radius 1 is 1.09 bits per heavy atom. The zero-order valence-electron chi connectivity index (χ0n) is 13.8. The lowest BCUT2D eigenvalue weighted by molar-refractivity contribution is -0.140. The zero-order valence-corrected chi connectivity index (χ0v) is 15.3. The van der Waals surface area contributed by atoms with Crippen LogP contribution in [-0.2, 0) is 20.6 Å². The molecule has 0 aromatic heterocycles. The van der Waals surface area contributed by atoms with Crippen molar-refractivity contribution in [3.63, 3.8) is 0 Å². The average Bonchev–Trinajstić information content (AvgIpc) is 2.48. The summed E-state index contributed by atoms with van der Waals surface area (Å²) in [5, 5.41) is 0.584. The number of hydrogen-bond acceptors (Lipinski definition) is 3. The summed E-state index contributed by atoms with van der Waals surface area (Å²) in [5.41, 5.74) is 0.271. The Hall–Kier alpha value is -1.11. The summed E-state index contributed by atoms with van der Waals surface area (Å²) in [6.45, 7) is 7.19. The van der Waals surface area contributed by atoms with Crippen molar-refractivity contribution in [2.24, 2.45) is 5.41 Å². The molecular formula is C16H23ClN2O3S. The molecule has 1 amide bonds. The van der Waals surface area contributed by atoms with Crippen LogP contribution in [0.5, 0.6) is 0 Å². The van der Waals surface area contributed by atoms with Gasteiger partial charge in [-0.1, -0.05) is 44.5 Å². The Kier molecular flexibility index (Phi) is 5.38. The molecule has 5 nitrogen and oxygen atoms in total. The minimum absolute atomic E-state index is 0.0443. The van der Waals surface area contributed by atoms with Gasteiger partial charge in [-0.05, 0) is 17.7 Å². The molecule has 128 valence electrons. The topological polar surface area (TPSA) is 57.7 Å². The fraction of sp³-hybridized carbons (Fsp3) is 0.562. The van der Waals surface area contributed by atoms with Crippen molar-refractivity contribution in [1.29, 1.82) is 0 Å². The number of benzene rings is 1. The Bertz CT molecular complexity index is 658. The van der Waals surface area contributed by atoms with Crippen LogP contribution in [0.1, 0.15) is 26.3 Å². The molecule has 1 aromatic rings. The smallest absolute Gasteiger partial charge is 0.228 e. The molecule has 0 saturated carbocycles. The number of piperazine rings is 1. The Morgan fingerprint density at radius 2 is 1.61 bits per heavy atom. The van der Waals surface area contributed by atoms with Crippen LogP contribution in [0, 0.1) is 5.41 Å². The first-order valence-corrected chi connectivity index (χ1v) is 9.60. The van der Waals surface area contributed by atoms with E-state index in [4.69, 9.17) is 11.6 Å². The maximum Gasteiger partial charge on any atom is 0.228 e. The largest absolute Gasteiger partial charge is 0.340 e. The lowest BCUT2D eigenvalue weighted by Crippen LogP contribution is -2.53. The molecule has 0 bridgehead atoms. The molecule has 0 unspecified atom stereocenters. The minimum Gasteiger partial charge on any atom is -0.340 e. The van der Waals surface area contributed by atoms with Crippen LogP contribution in [0.15, 0.2) is 24.3 Å². The SMILES string of the molecule is CC(C)(C)C(=O)N1CCN(S(=O)(=O)Cc2ccc(Cl)cc2)CC1. The van der Waals surface area contributed by atoms with E-state index in [0.29, 0.717) is 36.8 Å². The van der Waals surface area contributed by atoms with Crippen molar-refractivity contribution in [3.8, 4) is 0 Å². The van der Waals surface area contributed by atoms with Crippen LogP contribution in [0.25, 0.3) is 0 Å². The van der Waals surface area contributed by atoms with Crippen LogP contribution < -0.4 is 0 Å². The summed E-state index contributed by atoms with van der Waals surface area (Å²) in [4.78, 5) is 14.0. The van der Waals surface area contributed by atoms with Gasteiger partial charge in [0.2, 0.25) is 15.9 Å². The van der Waals surface area contributed by atoms with Crippen LogP contribution in [0.3, 0.4) is 0 Å². The first-order chi connectivity index (χ1) is 10.6. The Morgan fingerprint density at radius 3 is 2.09 bits per heavy atom. The zero-order chi connectivity index (χ0) is 17.3. The molecule has 0 spiro atoms. The van der Waals surface area contributed by atoms with E-state index >= 15 is 0 Å². The summed E-state index contributed by atoms with van der Waals surface area (Å²) >= 11 is 5.82. The first kappa shape index (κ1) is 18.2. The summed E-state index contributed by atoms with van der Waals surface area (Å²) in [5.74, 6) is 0.0180. The van der Waals surface area contributed by atoms with E-state index in [9.17, 15) is 13.2 Å². The van der Waals surface area contributed by atoms with Crippen molar-refractivity contribution in [1.82, 2.24) is 9.21 Å². The van der Waals surface area contributed by atoms with Crippen molar-refractivity contribution in [3.05, 3.63) is 34.9 Å². The van der Waals surface area contributed by atoms with E-state index < -0.39 is 15.4 Å². The second kappa shape index (κ2) is 6.79. The van der Waals surface area contributed by atoms with Gasteiger partial charge >= 0.3 is 0 Å². The molecule has 1 fully saturated rings. The maximum atomic E-state index is 12.5. The number of rotatable bonds is 3. The number of halogens is 1. The lowest BCUT2D eigenvalue weighted by atomic mass is 9.94. The molecular weight excluding hydrogens is 336 g/mol. The Labute approximate surface area is 143 Å². The van der Waals surface area contributed by atoms with E-state index in [0.717, 1.165) is 0 Å². The summed E-state index contributed by atoms with van der Waals surface area (Å²) in [6, 6.07) is 6.82. The summed E-state index contributed by atoms with van der Waals surface area (Å²) in [6.07, 6.45) is 0. The molecule has 1 saturated heterocycles. The number of amides is 1. The van der Waals surface area contributed by atoms with E-state index in [2.05, 4.69) is 0 Å². The van der Waals surface area contributed by atoms with E-state index in [-0.39, 0.29) is 11.7 Å². The third kappa shape index (κ3) is 4.68. The second-order valence-corrected chi connectivity index (χ2v) is 9.23. The number of sulfonamides is 1. The molecule has 1 heterocycles. The van der Waals surface area contributed by atoms with Crippen LogP contribution >= 0.6 is 11.6 Å². The van der Waals surface area contributed by atoms with Gasteiger partial charge in [0.05, 0.1) is 5.75 Å². The normalized spacial score (nSPS) is 17.3. The van der Waals surface area contributed by atoms with Gasteiger partial charge in [-0.2, -0.15) is 4.31 Å². The molecule has 0 aliphatic carbocycles. The standard InChI is InChI=1S/C16H23ClN2O3S/c1-16(2,3)15(20)18-8-10-19(11-9-18)23(21,22)12-13-4-6-14(17)7-5-13/h4-7H,8-12H2,1-3H3. The maximum absolute atomic E-state index is 12.5. The molecule has 1 aromatic carbocycles. The molecule has 7 heteroatoms. The van der Waals surface area contributed by atoms with Gasteiger partial charge in [0.15, 0.2) is 0 Å². The van der Waals surface area contributed by atoms with Crippen LogP contribution in [0.4, 0.5) is 0 Å². The van der Waals surface area contributed by atoms with Crippen LogP contribution in [0.2, 0.25) is 5.02 Å². The van der Waals surface area contributed by atoms with Crippen molar-refractivity contribution in [2.45, 2.75) is 26.5 Å². The van der Waals surface area contributed by atoms with E-state index in [1.54, 1.807) is 29.2 Å². The van der Waals surface area contributed by atoms with Crippen LogP contribution in [-0.4, -0.2) is 49.7 Å². The fourth-order valence-electron chi connectivity index (χ4n) is 2.53. The van der Waals surface area contributed by atoms with Crippen molar-refractivity contribution >= 4 is 27.5 Å². The van der Waals surface area contributed by atoms with Crippen molar-refractivity contribution in [2.75, 3.05) is 26.2 Å². The molecule has 1 aliphatic rings. The van der Waals surface area contributed by atoms with Gasteiger partial charge in [-0.25, -0.2) is 8.42 Å². The molecule has 2 rings (SSSR count). The fourth-order valence-corrected chi connectivity index (χ4v) is 4.17. The second-order valence-electron chi connectivity index (χ2n) is 6.82. The lowest BCUT2D eigenvalue weighted by Gasteiger charge is -2.37. The third-order valence-corrected chi connectivity index (χ3v) is 5.93. The first-order valence-electron chi connectivity index (χ1n) is 7.61. The minimum atomic E-state index is -3.38. The van der Waals surface area contributed by atoms with Gasteiger partial charge in [-0.3, -0.25) is 4.79 Å². The molecule has 0 atom stereocenters. The number of carbonyl (C=O) groups is 1. The van der Waals surface area contributed by atoms with Gasteiger partial charge < -0.3 is 4.90 Å². The number of nitrogens with zero attached hydrogens (tertiary/aromatic N) is 2. The number of hydrogen-bond donors (Lipinski definition) is 0. The highest BCUT2D eigenvalue weighted by molar-refractivity contribution is 7.88. The Balaban J connectivity index is 1.98. The van der Waals surface area contributed by atoms with E-state index in [1.807, 2.05) is 20.8 Å². The highest BCUT2D eigenvalue weighted by Gasteiger charge is 2.33. The predicted molar refractivity (Wildman–Crippen MR) is 91.7 cm³/mol. The quantitative estimate of drug-likeness (QED) is 0.833. The van der Waals surface area contributed by atoms with Gasteiger partial charge in [0.25, 0.3) is 0 Å². The highest BCUT2D eigenvalue weighted by Crippen LogP contribution is 2.20. The summed E-state index contributed by atoms with van der Waals surface area (Å²) < 4.78 is 26.5.